The molecule has 1 atom stereocenters. The number of benzene rings is 1. The number of carbonyl (C=O) groups is 1. The van der Waals surface area contributed by atoms with E-state index in [-0.39, 0.29) is 5.91 Å². The molecule has 1 amide bonds. The van der Waals surface area contributed by atoms with Crippen LogP contribution in [0.25, 0.3) is 0 Å². The van der Waals surface area contributed by atoms with Gasteiger partial charge in [0.2, 0.25) is 5.91 Å². The summed E-state index contributed by atoms with van der Waals surface area (Å²) in [4.78, 5) is 13.2. The minimum absolute atomic E-state index is 0.0610. The van der Waals surface area contributed by atoms with E-state index in [2.05, 4.69) is 44.3 Å². The molecule has 1 aromatic carbocycles. The molecule has 4 heteroatoms. The highest BCUT2D eigenvalue weighted by molar-refractivity contribution is 9.10. The van der Waals surface area contributed by atoms with Crippen molar-refractivity contribution < 1.29 is 4.79 Å². The first-order valence-corrected chi connectivity index (χ1v) is 6.69. The van der Waals surface area contributed by atoms with Crippen LogP contribution in [0.2, 0.25) is 0 Å². The van der Waals surface area contributed by atoms with Crippen molar-refractivity contribution in [1.29, 1.82) is 0 Å². The lowest BCUT2D eigenvalue weighted by Crippen LogP contribution is -2.29. The van der Waals surface area contributed by atoms with Gasteiger partial charge in [-0.15, -0.1) is 0 Å². The lowest BCUT2D eigenvalue weighted by atomic mass is 10.1. The number of halogens is 1. The van der Waals surface area contributed by atoms with Gasteiger partial charge < -0.3 is 10.2 Å². The Balaban J connectivity index is 1.91. The van der Waals surface area contributed by atoms with E-state index in [1.54, 1.807) is 6.92 Å². The number of amides is 1. The minimum Gasteiger partial charge on any atom is -0.371 e. The Bertz CT molecular complexity index is 408. The van der Waals surface area contributed by atoms with Gasteiger partial charge >= 0.3 is 0 Å². The molecule has 0 bridgehead atoms. The van der Waals surface area contributed by atoms with E-state index in [1.165, 1.54) is 5.69 Å². The van der Waals surface area contributed by atoms with Crippen LogP contribution in [-0.4, -0.2) is 25.5 Å². The molecule has 0 spiro atoms. The molecule has 92 valence electrons. The fourth-order valence-electron chi connectivity index (χ4n) is 2.19. The van der Waals surface area contributed by atoms with E-state index in [1.807, 2.05) is 6.07 Å². The van der Waals surface area contributed by atoms with Gasteiger partial charge in [0.1, 0.15) is 0 Å². The van der Waals surface area contributed by atoms with Gasteiger partial charge in [-0.25, -0.2) is 0 Å². The maximum atomic E-state index is 10.9. The van der Waals surface area contributed by atoms with Gasteiger partial charge in [0.05, 0.1) is 0 Å². The van der Waals surface area contributed by atoms with Crippen molar-refractivity contribution in [3.63, 3.8) is 0 Å². The third-order valence-corrected chi connectivity index (χ3v) is 3.59. The molecule has 1 aliphatic heterocycles. The van der Waals surface area contributed by atoms with E-state index in [0.717, 1.165) is 30.5 Å². The average Bonchev–Trinajstić information content (AvgIpc) is 2.75. The van der Waals surface area contributed by atoms with Crippen LogP contribution in [0, 0.1) is 5.92 Å². The normalized spacial score (nSPS) is 19.4. The summed E-state index contributed by atoms with van der Waals surface area (Å²) in [5.74, 6) is 0.629. The molecule has 0 aromatic heterocycles. The first-order valence-electron chi connectivity index (χ1n) is 5.90. The zero-order valence-corrected chi connectivity index (χ0v) is 11.5. The van der Waals surface area contributed by atoms with Crippen molar-refractivity contribution in [2.24, 2.45) is 5.92 Å². The van der Waals surface area contributed by atoms with Crippen LogP contribution < -0.4 is 10.2 Å². The molecule has 1 aromatic rings. The molecule has 1 unspecified atom stereocenters. The van der Waals surface area contributed by atoms with Crippen molar-refractivity contribution in [2.45, 2.75) is 13.3 Å². The largest absolute Gasteiger partial charge is 0.371 e. The Morgan fingerprint density at radius 2 is 2.41 bits per heavy atom. The van der Waals surface area contributed by atoms with Crippen molar-refractivity contribution in [2.75, 3.05) is 24.5 Å². The molecule has 0 radical (unpaired) electrons. The summed E-state index contributed by atoms with van der Waals surface area (Å²) in [5, 5.41) is 2.90. The van der Waals surface area contributed by atoms with E-state index >= 15 is 0 Å². The second-order valence-electron chi connectivity index (χ2n) is 4.52. The van der Waals surface area contributed by atoms with E-state index in [9.17, 15) is 4.79 Å². The van der Waals surface area contributed by atoms with Gasteiger partial charge in [-0.1, -0.05) is 22.0 Å². The highest BCUT2D eigenvalue weighted by Gasteiger charge is 2.22. The molecule has 0 aliphatic carbocycles. The van der Waals surface area contributed by atoms with Crippen molar-refractivity contribution in [1.82, 2.24) is 5.32 Å². The number of hydrogen-bond acceptors (Lipinski definition) is 2. The standard InChI is InChI=1S/C13H17BrN2O/c1-10(17)15-8-11-5-6-16(9-11)13-4-2-3-12(14)7-13/h2-4,7,11H,5-6,8-9H2,1H3,(H,15,17). The molecule has 0 saturated carbocycles. The lowest BCUT2D eigenvalue weighted by Gasteiger charge is -2.19. The van der Waals surface area contributed by atoms with Gasteiger partial charge in [-0.2, -0.15) is 0 Å². The average molecular weight is 297 g/mol. The van der Waals surface area contributed by atoms with E-state index in [4.69, 9.17) is 0 Å². The van der Waals surface area contributed by atoms with Crippen LogP contribution in [0.15, 0.2) is 28.7 Å². The number of hydrogen-bond donors (Lipinski definition) is 1. The molecule has 17 heavy (non-hydrogen) atoms. The van der Waals surface area contributed by atoms with Crippen molar-refractivity contribution >= 4 is 27.5 Å². The topological polar surface area (TPSA) is 32.3 Å². The zero-order chi connectivity index (χ0) is 12.3. The molecule has 1 saturated heterocycles. The number of anilines is 1. The summed E-state index contributed by atoms with van der Waals surface area (Å²) >= 11 is 3.49. The second-order valence-corrected chi connectivity index (χ2v) is 5.43. The maximum absolute atomic E-state index is 10.9. The highest BCUT2D eigenvalue weighted by atomic mass is 79.9. The van der Waals surface area contributed by atoms with Crippen LogP contribution >= 0.6 is 15.9 Å². The SMILES string of the molecule is CC(=O)NCC1CCN(c2cccc(Br)c2)C1. The zero-order valence-electron chi connectivity index (χ0n) is 9.95. The molecule has 1 fully saturated rings. The Kier molecular flexibility index (Phi) is 4.05. The molecule has 2 rings (SSSR count). The predicted molar refractivity (Wildman–Crippen MR) is 73.1 cm³/mol. The van der Waals surface area contributed by atoms with Crippen LogP contribution in [-0.2, 0) is 4.79 Å². The molecular formula is C13H17BrN2O. The molecular weight excluding hydrogens is 280 g/mol. The van der Waals surface area contributed by atoms with Crippen LogP contribution in [0.3, 0.4) is 0 Å². The van der Waals surface area contributed by atoms with Crippen LogP contribution in [0.4, 0.5) is 5.69 Å². The summed E-state index contributed by atoms with van der Waals surface area (Å²) in [6.07, 6.45) is 1.15. The predicted octanol–water partition coefficient (Wildman–Crippen LogP) is 2.41. The van der Waals surface area contributed by atoms with Gasteiger partial charge in [0.15, 0.2) is 0 Å². The first kappa shape index (κ1) is 12.4. The third-order valence-electron chi connectivity index (χ3n) is 3.10. The van der Waals surface area contributed by atoms with Crippen molar-refractivity contribution in [3.05, 3.63) is 28.7 Å². The summed E-state index contributed by atoms with van der Waals surface area (Å²) in [6.45, 7) is 4.46. The quantitative estimate of drug-likeness (QED) is 0.929. The summed E-state index contributed by atoms with van der Waals surface area (Å²) < 4.78 is 1.11. The first-order chi connectivity index (χ1) is 8.15. The highest BCUT2D eigenvalue weighted by Crippen LogP contribution is 2.25. The van der Waals surface area contributed by atoms with Gasteiger partial charge in [-0.3, -0.25) is 4.79 Å². The smallest absolute Gasteiger partial charge is 0.216 e. The summed E-state index contributed by atoms with van der Waals surface area (Å²) in [6, 6.07) is 8.36. The Morgan fingerprint density at radius 3 is 3.12 bits per heavy atom. The van der Waals surface area contributed by atoms with Gasteiger partial charge in [0, 0.05) is 36.7 Å². The minimum atomic E-state index is 0.0610. The Morgan fingerprint density at radius 1 is 1.59 bits per heavy atom. The fraction of sp³-hybridized carbons (Fsp3) is 0.462. The van der Waals surface area contributed by atoms with E-state index in [0.29, 0.717) is 5.92 Å². The number of rotatable bonds is 3. The fourth-order valence-corrected chi connectivity index (χ4v) is 2.58. The summed E-state index contributed by atoms with van der Waals surface area (Å²) in [5.41, 5.74) is 1.25. The number of nitrogens with zero attached hydrogens (tertiary/aromatic N) is 1. The monoisotopic (exact) mass is 296 g/mol. The molecule has 1 N–H and O–H groups in total. The van der Waals surface area contributed by atoms with Crippen LogP contribution in [0.1, 0.15) is 13.3 Å². The molecule has 3 nitrogen and oxygen atoms in total. The number of nitrogens with one attached hydrogen (secondary N) is 1. The molecule has 1 heterocycles. The Labute approximate surface area is 110 Å². The van der Waals surface area contributed by atoms with Gasteiger partial charge in [-0.05, 0) is 30.5 Å². The lowest BCUT2D eigenvalue weighted by molar-refractivity contribution is -0.119. The van der Waals surface area contributed by atoms with Gasteiger partial charge in [0.25, 0.3) is 0 Å². The molecule has 1 aliphatic rings. The van der Waals surface area contributed by atoms with Crippen LogP contribution in [0.5, 0.6) is 0 Å². The maximum Gasteiger partial charge on any atom is 0.216 e. The van der Waals surface area contributed by atoms with Crippen molar-refractivity contribution in [3.8, 4) is 0 Å². The second kappa shape index (κ2) is 5.54. The van der Waals surface area contributed by atoms with E-state index < -0.39 is 0 Å². The number of carbonyl (C=O) groups excluding carboxylic acids is 1. The Hall–Kier alpha value is -1.03. The third kappa shape index (κ3) is 3.46. The summed E-state index contributed by atoms with van der Waals surface area (Å²) in [7, 11) is 0.